The minimum absolute atomic E-state index is 0.00364. The van der Waals surface area contributed by atoms with Crippen LogP contribution in [0.15, 0.2) is 103 Å². The molecule has 0 spiro atoms. The van der Waals surface area contributed by atoms with Crippen molar-refractivity contribution in [2.24, 2.45) is 0 Å². The number of rotatable bonds is 6. The van der Waals surface area contributed by atoms with Crippen molar-refractivity contribution in [3.63, 3.8) is 0 Å². The van der Waals surface area contributed by atoms with Gasteiger partial charge in [-0.05, 0) is 30.7 Å². The van der Waals surface area contributed by atoms with Crippen LogP contribution in [0.1, 0.15) is 12.5 Å². The van der Waals surface area contributed by atoms with Gasteiger partial charge < -0.3 is 4.90 Å². The van der Waals surface area contributed by atoms with Crippen molar-refractivity contribution in [3.05, 3.63) is 104 Å². The Bertz CT molecular complexity index is 753. The lowest BCUT2D eigenvalue weighted by atomic mass is 10.1. The minimum atomic E-state index is -0.00364. The zero-order valence-corrected chi connectivity index (χ0v) is 14.8. The predicted octanol–water partition coefficient (Wildman–Crippen LogP) is 5.73. The van der Waals surface area contributed by atoms with Gasteiger partial charge in [-0.3, -0.25) is 0 Å². The van der Waals surface area contributed by atoms with Gasteiger partial charge >= 0.3 is 0 Å². The normalized spacial score (nSPS) is 18.5. The maximum Gasteiger partial charge on any atom is 0.111 e. The van der Waals surface area contributed by atoms with Crippen LogP contribution in [-0.2, 0) is 0 Å². The van der Waals surface area contributed by atoms with Gasteiger partial charge in [-0.2, -0.15) is 0 Å². The Labute approximate surface area is 149 Å². The highest BCUT2D eigenvalue weighted by molar-refractivity contribution is 8.00. The molecule has 122 valence electrons. The van der Waals surface area contributed by atoms with Gasteiger partial charge in [-0.1, -0.05) is 74.5 Å². The van der Waals surface area contributed by atoms with Gasteiger partial charge in [-0.15, -0.1) is 0 Å². The second kappa shape index (κ2) is 8.37. The highest BCUT2D eigenvalue weighted by Gasteiger charge is 2.32. The van der Waals surface area contributed by atoms with Gasteiger partial charge in [0.25, 0.3) is 0 Å². The molecular formula is C21H22N2S. The van der Waals surface area contributed by atoms with E-state index in [0.717, 1.165) is 27.6 Å². The number of nitrogens with zero attached hydrogens (tertiary/aromatic N) is 2. The molecule has 0 fully saturated rings. The molecule has 0 saturated heterocycles. The lowest BCUT2D eigenvalue weighted by Gasteiger charge is -2.40. The average Bonchev–Trinajstić information content (AvgIpc) is 2.61. The van der Waals surface area contributed by atoms with E-state index in [2.05, 4.69) is 48.3 Å². The van der Waals surface area contributed by atoms with E-state index >= 15 is 0 Å². The van der Waals surface area contributed by atoms with E-state index in [4.69, 9.17) is 0 Å². The Balaban J connectivity index is 2.60. The van der Waals surface area contributed by atoms with Crippen molar-refractivity contribution in [2.75, 3.05) is 0 Å². The number of hydrogen-bond acceptors (Lipinski definition) is 3. The first-order valence-corrected chi connectivity index (χ1v) is 8.56. The summed E-state index contributed by atoms with van der Waals surface area (Å²) in [5, 5.41) is 0.972. The molecule has 1 aliphatic heterocycles. The van der Waals surface area contributed by atoms with Crippen LogP contribution < -0.4 is 0 Å². The molecule has 0 aliphatic carbocycles. The highest BCUT2D eigenvalue weighted by Crippen LogP contribution is 2.44. The Kier molecular flexibility index (Phi) is 6.21. The second-order valence-corrected chi connectivity index (χ2v) is 6.13. The second-order valence-electron chi connectivity index (χ2n) is 5.06. The van der Waals surface area contributed by atoms with E-state index in [-0.39, 0.29) is 5.37 Å². The molecule has 24 heavy (non-hydrogen) atoms. The average molecular weight is 334 g/mol. The van der Waals surface area contributed by atoms with E-state index in [1.54, 1.807) is 23.9 Å². The van der Waals surface area contributed by atoms with Crippen LogP contribution in [0.3, 0.4) is 0 Å². The Hall–Kier alpha value is -2.52. The molecule has 1 aromatic rings. The Morgan fingerprint density at radius 2 is 2.08 bits per heavy atom. The number of thioether (sulfide) groups is 1. The molecule has 2 nitrogen and oxygen atoms in total. The van der Waals surface area contributed by atoms with Crippen LogP contribution >= 0.6 is 11.8 Å². The van der Waals surface area contributed by atoms with Crippen LogP contribution in [0, 0.1) is 0 Å². The van der Waals surface area contributed by atoms with E-state index in [9.17, 15) is 0 Å². The number of aromatic nitrogens is 1. The topological polar surface area (TPSA) is 16.1 Å². The molecule has 1 aliphatic rings. The molecule has 0 N–H and O–H groups in total. The molecule has 0 radical (unpaired) electrons. The van der Waals surface area contributed by atoms with Crippen molar-refractivity contribution < 1.29 is 0 Å². The summed E-state index contributed by atoms with van der Waals surface area (Å²) in [7, 11) is 0. The maximum atomic E-state index is 4.51. The fourth-order valence-electron chi connectivity index (χ4n) is 2.51. The molecule has 2 heterocycles. The lowest BCUT2D eigenvalue weighted by molar-refractivity contribution is 0.507. The number of allylic oxidation sites excluding steroid dienone is 6. The molecular weight excluding hydrogens is 312 g/mol. The molecule has 0 saturated carbocycles. The van der Waals surface area contributed by atoms with Gasteiger partial charge in [0.05, 0.1) is 0 Å². The van der Waals surface area contributed by atoms with Crippen LogP contribution in [0.25, 0.3) is 5.70 Å². The molecule has 1 unspecified atom stereocenters. The highest BCUT2D eigenvalue weighted by atomic mass is 32.2. The molecule has 1 aromatic heterocycles. The third-order valence-corrected chi connectivity index (χ3v) is 4.89. The van der Waals surface area contributed by atoms with Gasteiger partial charge in [-0.25, -0.2) is 4.98 Å². The Morgan fingerprint density at radius 1 is 1.29 bits per heavy atom. The molecule has 0 aromatic carbocycles. The number of fused-ring (bicyclic) bond motifs is 1. The van der Waals surface area contributed by atoms with E-state index in [1.165, 1.54) is 0 Å². The third-order valence-electron chi connectivity index (χ3n) is 3.64. The van der Waals surface area contributed by atoms with Crippen molar-refractivity contribution in [2.45, 2.75) is 17.3 Å². The summed E-state index contributed by atoms with van der Waals surface area (Å²) in [5.41, 5.74) is 4.06. The SMILES string of the molecule is C=C/C=C\C(=C/C)N1C(=C)c2cccnc2SC1/C(C=C)=C/C=C. The number of hydrogen-bond donors (Lipinski definition) is 0. The smallest absolute Gasteiger partial charge is 0.111 e. The van der Waals surface area contributed by atoms with Crippen molar-refractivity contribution in [1.29, 1.82) is 0 Å². The predicted molar refractivity (Wildman–Crippen MR) is 106 cm³/mol. The summed E-state index contributed by atoms with van der Waals surface area (Å²) in [6.07, 6.45) is 15.2. The van der Waals surface area contributed by atoms with Crippen LogP contribution in [0.5, 0.6) is 0 Å². The zero-order chi connectivity index (χ0) is 17.5. The molecule has 0 amide bonds. The van der Waals surface area contributed by atoms with Crippen LogP contribution in [-0.4, -0.2) is 15.3 Å². The third kappa shape index (κ3) is 3.52. The maximum absolute atomic E-state index is 4.51. The molecule has 0 bridgehead atoms. The van der Waals surface area contributed by atoms with Crippen molar-refractivity contribution in [3.8, 4) is 0 Å². The molecule has 3 heteroatoms. The van der Waals surface area contributed by atoms with Gasteiger partial charge in [0, 0.05) is 23.2 Å². The number of pyridine rings is 1. The fourth-order valence-corrected chi connectivity index (χ4v) is 3.82. The van der Waals surface area contributed by atoms with Crippen LogP contribution in [0.4, 0.5) is 0 Å². The van der Waals surface area contributed by atoms with Gasteiger partial charge in [0.15, 0.2) is 0 Å². The summed E-state index contributed by atoms with van der Waals surface area (Å²) < 4.78 is 0. The van der Waals surface area contributed by atoms with Gasteiger partial charge in [0.1, 0.15) is 10.4 Å². The van der Waals surface area contributed by atoms with E-state index in [1.807, 2.05) is 43.5 Å². The largest absolute Gasteiger partial charge is 0.325 e. The Morgan fingerprint density at radius 3 is 2.71 bits per heavy atom. The quantitative estimate of drug-likeness (QED) is 0.618. The van der Waals surface area contributed by atoms with Crippen LogP contribution in [0.2, 0.25) is 0 Å². The van der Waals surface area contributed by atoms with E-state index < -0.39 is 0 Å². The fraction of sp³-hybridized carbons (Fsp3) is 0.0952. The van der Waals surface area contributed by atoms with E-state index in [0.29, 0.717) is 0 Å². The molecule has 1 atom stereocenters. The summed E-state index contributed by atoms with van der Waals surface area (Å²) in [4.78, 5) is 6.71. The minimum Gasteiger partial charge on any atom is -0.325 e. The van der Waals surface area contributed by atoms with Gasteiger partial charge in [0.2, 0.25) is 0 Å². The zero-order valence-electron chi connectivity index (χ0n) is 14.0. The standard InChI is InChI=1S/C21H22N2S/c1-6-10-13-18(9-4)23-16(5)19-14-11-15-22-20(19)24-21(23)17(8-3)12-7-2/h6-15,21H,1-3,5H2,4H3/b13-10-,17-12+,18-9+. The summed E-state index contributed by atoms with van der Waals surface area (Å²) >= 11 is 1.68. The monoisotopic (exact) mass is 334 g/mol. The first-order chi connectivity index (χ1) is 11.7. The lowest BCUT2D eigenvalue weighted by Crippen LogP contribution is -2.34. The van der Waals surface area contributed by atoms with Crippen molar-refractivity contribution in [1.82, 2.24) is 9.88 Å². The molecule has 2 rings (SSSR count). The summed E-state index contributed by atoms with van der Waals surface area (Å²) in [6, 6.07) is 3.99. The first kappa shape index (κ1) is 17.8. The summed E-state index contributed by atoms with van der Waals surface area (Å²) in [5.74, 6) is 0. The summed E-state index contributed by atoms with van der Waals surface area (Å²) in [6.45, 7) is 17.9. The van der Waals surface area contributed by atoms with Crippen molar-refractivity contribution >= 4 is 17.5 Å². The first-order valence-electron chi connectivity index (χ1n) is 7.68.